The van der Waals surface area contributed by atoms with Gasteiger partial charge in [0.05, 0.1) is 0 Å². The first-order chi connectivity index (χ1) is 7.22. The molecule has 0 saturated carbocycles. The smallest absolute Gasteiger partial charge is 0.247 e. The fraction of sp³-hybridized carbons (Fsp3) is 0.182. The average Bonchev–Trinajstić information content (AvgIpc) is 2.71. The van der Waals surface area contributed by atoms with Gasteiger partial charge in [-0.15, -0.1) is 0 Å². The number of fused-ring (bicyclic) bond motifs is 1. The molecule has 1 aliphatic rings. The van der Waals surface area contributed by atoms with Crippen LogP contribution in [0.3, 0.4) is 0 Å². The van der Waals surface area contributed by atoms with Crippen molar-refractivity contribution in [3.63, 3.8) is 0 Å². The van der Waals surface area contributed by atoms with Crippen molar-refractivity contribution in [3.05, 3.63) is 40.9 Å². The highest BCUT2D eigenvalue weighted by Gasteiger charge is 2.17. The molecule has 2 N–H and O–H groups in total. The second-order valence-electron chi connectivity index (χ2n) is 3.35. The second kappa shape index (κ2) is 4.04. The quantitative estimate of drug-likeness (QED) is 0.753. The molecule has 0 saturated heterocycles. The molecule has 0 spiro atoms. The molecule has 1 aromatic carbocycles. The average molecular weight is 223 g/mol. The predicted octanol–water partition coefficient (Wildman–Crippen LogP) is 2.07. The van der Waals surface area contributed by atoms with E-state index in [9.17, 15) is 4.79 Å². The zero-order valence-corrected chi connectivity index (χ0v) is 8.90. The van der Waals surface area contributed by atoms with Crippen LogP contribution in [-0.4, -0.2) is 5.91 Å². The minimum Gasteiger partial charge on any atom is -0.322 e. The van der Waals surface area contributed by atoms with E-state index < -0.39 is 0 Å². The summed E-state index contributed by atoms with van der Waals surface area (Å²) in [5.74, 6) is -0.202. The van der Waals surface area contributed by atoms with Gasteiger partial charge < -0.3 is 10.6 Å². The van der Waals surface area contributed by atoms with Crippen LogP contribution in [0.1, 0.15) is 11.1 Å². The van der Waals surface area contributed by atoms with Gasteiger partial charge in [0, 0.05) is 23.8 Å². The third-order valence-corrected chi connectivity index (χ3v) is 2.77. The van der Waals surface area contributed by atoms with E-state index >= 15 is 0 Å². The van der Waals surface area contributed by atoms with E-state index in [0.717, 1.165) is 34.9 Å². The van der Waals surface area contributed by atoms with Crippen molar-refractivity contribution in [2.45, 2.75) is 13.1 Å². The van der Waals surface area contributed by atoms with Gasteiger partial charge in [-0.25, -0.2) is 0 Å². The Bertz CT molecular complexity index is 429. The highest BCUT2D eigenvalue weighted by Crippen LogP contribution is 2.30. The lowest BCUT2D eigenvalue weighted by Gasteiger charge is -2.09. The molecule has 0 atom stereocenters. The maximum absolute atomic E-state index is 11.2. The number of amides is 1. The van der Waals surface area contributed by atoms with Crippen molar-refractivity contribution in [2.24, 2.45) is 0 Å². The van der Waals surface area contributed by atoms with Gasteiger partial charge >= 0.3 is 0 Å². The fourth-order valence-electron chi connectivity index (χ4n) is 1.67. The van der Waals surface area contributed by atoms with Gasteiger partial charge in [0.2, 0.25) is 5.91 Å². The summed E-state index contributed by atoms with van der Waals surface area (Å²) < 4.78 is 0. The van der Waals surface area contributed by atoms with Gasteiger partial charge in [0.15, 0.2) is 0 Å². The van der Waals surface area contributed by atoms with Crippen molar-refractivity contribution >= 4 is 23.2 Å². The second-order valence-corrected chi connectivity index (χ2v) is 3.76. The normalized spacial score (nSPS) is 13.4. The minimum absolute atomic E-state index is 0.202. The topological polar surface area (TPSA) is 41.1 Å². The molecule has 3 nitrogen and oxygen atoms in total. The van der Waals surface area contributed by atoms with Gasteiger partial charge in [-0.3, -0.25) is 4.79 Å². The lowest BCUT2D eigenvalue weighted by molar-refractivity contribution is -0.111. The first kappa shape index (κ1) is 10.2. The molecule has 0 fully saturated rings. The lowest BCUT2D eigenvalue weighted by atomic mass is 10.1. The lowest BCUT2D eigenvalue weighted by Crippen LogP contribution is -2.09. The zero-order chi connectivity index (χ0) is 10.8. The fourth-order valence-corrected chi connectivity index (χ4v) is 1.91. The van der Waals surface area contributed by atoms with E-state index in [1.807, 2.05) is 6.07 Å². The first-order valence-corrected chi connectivity index (χ1v) is 5.04. The Morgan fingerprint density at radius 2 is 2.20 bits per heavy atom. The number of anilines is 1. The van der Waals surface area contributed by atoms with Crippen LogP contribution in [0, 0.1) is 0 Å². The van der Waals surface area contributed by atoms with Crippen LogP contribution in [0.15, 0.2) is 24.8 Å². The molecule has 2 rings (SSSR count). The van der Waals surface area contributed by atoms with Crippen molar-refractivity contribution < 1.29 is 4.79 Å². The van der Waals surface area contributed by atoms with E-state index in [2.05, 4.69) is 17.2 Å². The van der Waals surface area contributed by atoms with E-state index in [-0.39, 0.29) is 5.91 Å². The van der Waals surface area contributed by atoms with Gasteiger partial charge in [0.25, 0.3) is 0 Å². The summed E-state index contributed by atoms with van der Waals surface area (Å²) >= 11 is 6.04. The Kier molecular flexibility index (Phi) is 2.75. The molecule has 78 valence electrons. The van der Waals surface area contributed by atoms with E-state index in [0.29, 0.717) is 0 Å². The van der Waals surface area contributed by atoms with Gasteiger partial charge in [-0.05, 0) is 29.3 Å². The Balaban J connectivity index is 2.37. The number of rotatable bonds is 2. The summed E-state index contributed by atoms with van der Waals surface area (Å²) in [6, 6.07) is 3.61. The third-order valence-electron chi connectivity index (χ3n) is 2.42. The van der Waals surface area contributed by atoms with E-state index in [1.54, 1.807) is 6.07 Å². The molecule has 15 heavy (non-hydrogen) atoms. The monoisotopic (exact) mass is 222 g/mol. The Morgan fingerprint density at radius 1 is 1.47 bits per heavy atom. The summed E-state index contributed by atoms with van der Waals surface area (Å²) in [4.78, 5) is 11.2. The summed E-state index contributed by atoms with van der Waals surface area (Å²) in [6.07, 6.45) is 1.25. The van der Waals surface area contributed by atoms with E-state index in [4.69, 9.17) is 11.6 Å². The van der Waals surface area contributed by atoms with Gasteiger partial charge in [-0.2, -0.15) is 0 Å². The molecule has 1 aliphatic heterocycles. The first-order valence-electron chi connectivity index (χ1n) is 4.66. The summed E-state index contributed by atoms with van der Waals surface area (Å²) in [5, 5.41) is 6.70. The number of carbonyl (C=O) groups is 1. The zero-order valence-electron chi connectivity index (χ0n) is 8.14. The van der Waals surface area contributed by atoms with E-state index in [1.165, 1.54) is 6.08 Å². The molecule has 0 aromatic heterocycles. The van der Waals surface area contributed by atoms with Crippen LogP contribution in [0.2, 0.25) is 5.02 Å². The van der Waals surface area contributed by atoms with Crippen LogP contribution in [0.5, 0.6) is 0 Å². The predicted molar refractivity (Wildman–Crippen MR) is 60.8 cm³/mol. The van der Waals surface area contributed by atoms with Gasteiger partial charge in [0.1, 0.15) is 0 Å². The number of halogens is 1. The summed E-state index contributed by atoms with van der Waals surface area (Å²) in [5.41, 5.74) is 2.94. The number of carbonyl (C=O) groups excluding carboxylic acids is 1. The van der Waals surface area contributed by atoms with Crippen LogP contribution in [0.4, 0.5) is 5.69 Å². The van der Waals surface area contributed by atoms with Crippen LogP contribution in [-0.2, 0) is 17.9 Å². The molecule has 0 radical (unpaired) electrons. The SMILES string of the molecule is C=CC(=O)Nc1ccc(Cl)c2c1CNC2. The molecular formula is C11H11ClN2O. The van der Waals surface area contributed by atoms with Crippen molar-refractivity contribution in [2.75, 3.05) is 5.32 Å². The van der Waals surface area contributed by atoms with Crippen LogP contribution >= 0.6 is 11.6 Å². The summed E-state index contributed by atoms with van der Waals surface area (Å²) in [6.45, 7) is 4.91. The largest absolute Gasteiger partial charge is 0.322 e. The molecular weight excluding hydrogens is 212 g/mol. The van der Waals surface area contributed by atoms with Crippen LogP contribution < -0.4 is 10.6 Å². The Hall–Kier alpha value is -1.32. The molecule has 0 bridgehead atoms. The number of hydrogen-bond donors (Lipinski definition) is 2. The maximum atomic E-state index is 11.2. The highest BCUT2D eigenvalue weighted by atomic mass is 35.5. The standard InChI is InChI=1S/C11H11ClN2O/c1-2-11(15)14-10-4-3-9(12)7-5-13-6-8(7)10/h2-4,13H,1,5-6H2,(H,14,15). The molecule has 1 heterocycles. The Labute approximate surface area is 93.1 Å². The van der Waals surface area contributed by atoms with Crippen molar-refractivity contribution in [3.8, 4) is 0 Å². The maximum Gasteiger partial charge on any atom is 0.247 e. The van der Waals surface area contributed by atoms with Gasteiger partial charge in [-0.1, -0.05) is 18.2 Å². The molecule has 1 aromatic rings. The van der Waals surface area contributed by atoms with Crippen LogP contribution in [0.25, 0.3) is 0 Å². The molecule has 4 heteroatoms. The van der Waals surface area contributed by atoms with Crippen molar-refractivity contribution in [1.82, 2.24) is 5.32 Å². The minimum atomic E-state index is -0.202. The molecule has 0 unspecified atom stereocenters. The Morgan fingerprint density at radius 3 is 2.93 bits per heavy atom. The molecule has 1 amide bonds. The number of hydrogen-bond acceptors (Lipinski definition) is 2. The highest BCUT2D eigenvalue weighted by molar-refractivity contribution is 6.31. The number of nitrogens with one attached hydrogen (secondary N) is 2. The third kappa shape index (κ3) is 1.89. The molecule has 0 aliphatic carbocycles. The summed E-state index contributed by atoms with van der Waals surface area (Å²) in [7, 11) is 0. The van der Waals surface area contributed by atoms with Crippen molar-refractivity contribution in [1.29, 1.82) is 0 Å². The number of benzene rings is 1.